The van der Waals surface area contributed by atoms with E-state index in [4.69, 9.17) is 4.74 Å². The van der Waals surface area contributed by atoms with E-state index in [0.717, 1.165) is 16.9 Å². The van der Waals surface area contributed by atoms with Crippen molar-refractivity contribution in [2.45, 2.75) is 19.3 Å². The van der Waals surface area contributed by atoms with Crippen LogP contribution < -0.4 is 10.2 Å². The maximum Gasteiger partial charge on any atom is 0.269 e. The SMILES string of the molecule is Cc1ccc(CSCC(=O)N/N=C\c2ccc(OCc3ccc([N+](=O)[O-])cc3)cc2)cc1. The third kappa shape index (κ3) is 7.55. The molecule has 8 heteroatoms. The number of thioether (sulfide) groups is 1. The molecule has 0 fully saturated rings. The van der Waals surface area contributed by atoms with Crippen molar-refractivity contribution in [3.8, 4) is 5.75 Å². The third-order valence-electron chi connectivity index (χ3n) is 4.46. The van der Waals surface area contributed by atoms with Crippen LogP contribution in [0.4, 0.5) is 5.69 Å². The zero-order valence-corrected chi connectivity index (χ0v) is 18.4. The van der Waals surface area contributed by atoms with Crippen molar-refractivity contribution in [1.82, 2.24) is 5.43 Å². The third-order valence-corrected chi connectivity index (χ3v) is 5.46. The van der Waals surface area contributed by atoms with Crippen molar-refractivity contribution in [3.05, 3.63) is 105 Å². The number of non-ortho nitro benzene ring substituents is 1. The van der Waals surface area contributed by atoms with E-state index in [2.05, 4.69) is 34.8 Å². The number of nitro groups is 1. The maximum atomic E-state index is 11.9. The van der Waals surface area contributed by atoms with Gasteiger partial charge in [0.2, 0.25) is 5.91 Å². The average molecular weight is 450 g/mol. The van der Waals surface area contributed by atoms with Crippen LogP contribution in [0.5, 0.6) is 5.75 Å². The molecule has 1 amide bonds. The minimum Gasteiger partial charge on any atom is -0.489 e. The number of nitrogens with zero attached hydrogens (tertiary/aromatic N) is 2. The molecule has 0 aliphatic carbocycles. The van der Waals surface area contributed by atoms with E-state index < -0.39 is 4.92 Å². The second kappa shape index (κ2) is 11.7. The van der Waals surface area contributed by atoms with Gasteiger partial charge in [0.05, 0.1) is 16.9 Å². The molecule has 0 aliphatic rings. The van der Waals surface area contributed by atoms with Gasteiger partial charge < -0.3 is 4.74 Å². The molecule has 0 saturated carbocycles. The molecule has 32 heavy (non-hydrogen) atoms. The van der Waals surface area contributed by atoms with Crippen molar-refractivity contribution in [2.75, 3.05) is 5.75 Å². The number of hydrazone groups is 1. The van der Waals surface area contributed by atoms with E-state index in [0.29, 0.717) is 18.1 Å². The second-order valence-electron chi connectivity index (χ2n) is 7.05. The van der Waals surface area contributed by atoms with Crippen LogP contribution in [0.25, 0.3) is 0 Å². The summed E-state index contributed by atoms with van der Waals surface area (Å²) in [5.41, 5.74) is 6.64. The Balaban J connectivity index is 1.38. The molecule has 0 spiro atoms. The number of hydrogen-bond acceptors (Lipinski definition) is 6. The molecule has 0 saturated heterocycles. The molecule has 0 aromatic heterocycles. The Morgan fingerprint density at radius 1 is 1.03 bits per heavy atom. The Bertz CT molecular complexity index is 1070. The van der Waals surface area contributed by atoms with Gasteiger partial charge in [-0.15, -0.1) is 11.8 Å². The quantitative estimate of drug-likeness (QED) is 0.271. The lowest BCUT2D eigenvalue weighted by Crippen LogP contribution is -2.19. The van der Waals surface area contributed by atoms with Gasteiger partial charge in [0.1, 0.15) is 12.4 Å². The van der Waals surface area contributed by atoms with Gasteiger partial charge in [-0.3, -0.25) is 14.9 Å². The molecule has 3 rings (SSSR count). The predicted molar refractivity (Wildman–Crippen MR) is 127 cm³/mol. The molecule has 3 aromatic rings. The number of nitrogens with one attached hydrogen (secondary N) is 1. The minimum absolute atomic E-state index is 0.0503. The Hall–Kier alpha value is -3.65. The minimum atomic E-state index is -0.433. The molecule has 0 atom stereocenters. The van der Waals surface area contributed by atoms with E-state index in [9.17, 15) is 14.9 Å². The molecular weight excluding hydrogens is 426 g/mol. The highest BCUT2D eigenvalue weighted by atomic mass is 32.2. The summed E-state index contributed by atoms with van der Waals surface area (Å²) in [5.74, 6) is 1.62. The first-order valence-electron chi connectivity index (χ1n) is 9.91. The van der Waals surface area contributed by atoms with Crippen LogP contribution in [0, 0.1) is 17.0 Å². The first-order valence-corrected chi connectivity index (χ1v) is 11.1. The van der Waals surface area contributed by atoms with Crippen LogP contribution in [0.2, 0.25) is 0 Å². The van der Waals surface area contributed by atoms with Crippen LogP contribution in [-0.2, 0) is 17.2 Å². The van der Waals surface area contributed by atoms with Gasteiger partial charge in [-0.2, -0.15) is 5.10 Å². The summed E-state index contributed by atoms with van der Waals surface area (Å²) in [6, 6.07) is 21.7. The largest absolute Gasteiger partial charge is 0.489 e. The van der Waals surface area contributed by atoms with E-state index >= 15 is 0 Å². The number of rotatable bonds is 10. The van der Waals surface area contributed by atoms with Crippen LogP contribution >= 0.6 is 11.8 Å². The van der Waals surface area contributed by atoms with Gasteiger partial charge in [-0.25, -0.2) is 5.43 Å². The molecular formula is C24H23N3O4S. The normalized spacial score (nSPS) is 10.8. The Labute approximate surface area is 190 Å². The van der Waals surface area contributed by atoms with Gasteiger partial charge in [-0.05, 0) is 60.0 Å². The average Bonchev–Trinajstić information content (AvgIpc) is 2.80. The standard InChI is InChI=1S/C24H23N3O4S/c1-18-2-4-21(5-3-18)16-32-17-24(28)26-25-14-19-8-12-23(13-9-19)31-15-20-6-10-22(11-7-20)27(29)30/h2-14H,15-17H2,1H3,(H,26,28)/b25-14-. The number of nitro benzene ring substituents is 1. The number of hydrogen-bond donors (Lipinski definition) is 1. The molecule has 0 heterocycles. The van der Waals surface area contributed by atoms with E-state index in [1.54, 1.807) is 30.5 Å². The number of aryl methyl sites for hydroxylation is 1. The van der Waals surface area contributed by atoms with Crippen molar-refractivity contribution in [2.24, 2.45) is 5.10 Å². The van der Waals surface area contributed by atoms with Gasteiger partial charge in [0, 0.05) is 17.9 Å². The molecule has 0 aliphatic heterocycles. The first-order chi connectivity index (χ1) is 15.5. The smallest absolute Gasteiger partial charge is 0.269 e. The van der Waals surface area contributed by atoms with Crippen LogP contribution in [0.3, 0.4) is 0 Å². The highest BCUT2D eigenvalue weighted by molar-refractivity contribution is 7.99. The van der Waals surface area contributed by atoms with Gasteiger partial charge in [0.25, 0.3) is 5.69 Å². The number of carbonyl (C=O) groups excluding carboxylic acids is 1. The second-order valence-corrected chi connectivity index (χ2v) is 8.04. The van der Waals surface area contributed by atoms with Crippen LogP contribution in [0.15, 0.2) is 77.9 Å². The monoisotopic (exact) mass is 449 g/mol. The van der Waals surface area contributed by atoms with E-state index in [-0.39, 0.29) is 11.6 Å². The van der Waals surface area contributed by atoms with Gasteiger partial charge in [0.15, 0.2) is 0 Å². The topological polar surface area (TPSA) is 93.8 Å². The summed E-state index contributed by atoms with van der Waals surface area (Å²) in [6.45, 7) is 2.35. The predicted octanol–water partition coefficient (Wildman–Crippen LogP) is 4.87. The van der Waals surface area contributed by atoms with Crippen molar-refractivity contribution in [1.29, 1.82) is 0 Å². The fourth-order valence-electron chi connectivity index (χ4n) is 2.69. The van der Waals surface area contributed by atoms with Gasteiger partial charge >= 0.3 is 0 Å². The van der Waals surface area contributed by atoms with Crippen molar-refractivity contribution >= 4 is 29.6 Å². The Morgan fingerprint density at radius 2 is 1.69 bits per heavy atom. The summed E-state index contributed by atoms with van der Waals surface area (Å²) in [7, 11) is 0. The van der Waals surface area contributed by atoms with Crippen molar-refractivity contribution < 1.29 is 14.5 Å². The number of benzene rings is 3. The molecule has 0 unspecified atom stereocenters. The molecule has 3 aromatic carbocycles. The summed E-state index contributed by atoms with van der Waals surface area (Å²) < 4.78 is 5.69. The van der Waals surface area contributed by atoms with Gasteiger partial charge in [-0.1, -0.05) is 29.8 Å². The lowest BCUT2D eigenvalue weighted by Gasteiger charge is -2.06. The highest BCUT2D eigenvalue weighted by Gasteiger charge is 2.04. The fourth-order valence-corrected chi connectivity index (χ4v) is 3.47. The fraction of sp³-hybridized carbons (Fsp3) is 0.167. The van der Waals surface area contributed by atoms with E-state index in [1.165, 1.54) is 35.0 Å². The lowest BCUT2D eigenvalue weighted by molar-refractivity contribution is -0.384. The van der Waals surface area contributed by atoms with Crippen LogP contribution in [-0.4, -0.2) is 22.8 Å². The Kier molecular flexibility index (Phi) is 8.39. The Morgan fingerprint density at radius 3 is 2.34 bits per heavy atom. The number of amides is 1. The highest BCUT2D eigenvalue weighted by Crippen LogP contribution is 2.16. The van der Waals surface area contributed by atoms with Crippen molar-refractivity contribution in [3.63, 3.8) is 0 Å². The zero-order valence-electron chi connectivity index (χ0n) is 17.6. The first kappa shape index (κ1) is 23.0. The molecule has 1 N–H and O–H groups in total. The lowest BCUT2D eigenvalue weighted by atomic mass is 10.2. The summed E-state index contributed by atoms with van der Waals surface area (Å²) in [5, 5.41) is 14.7. The zero-order chi connectivity index (χ0) is 22.8. The molecule has 164 valence electrons. The summed E-state index contributed by atoms with van der Waals surface area (Å²) in [4.78, 5) is 22.2. The number of carbonyl (C=O) groups is 1. The molecule has 0 radical (unpaired) electrons. The summed E-state index contributed by atoms with van der Waals surface area (Å²) >= 11 is 1.54. The maximum absolute atomic E-state index is 11.9. The molecule has 0 bridgehead atoms. The number of ether oxygens (including phenoxy) is 1. The van der Waals surface area contributed by atoms with E-state index in [1.807, 2.05) is 19.1 Å². The molecule has 7 nitrogen and oxygen atoms in total. The summed E-state index contributed by atoms with van der Waals surface area (Å²) in [6.07, 6.45) is 1.57. The van der Waals surface area contributed by atoms with Crippen LogP contribution in [0.1, 0.15) is 22.3 Å².